The van der Waals surface area contributed by atoms with Gasteiger partial charge in [-0.3, -0.25) is 0 Å². The monoisotopic (exact) mass is 700 g/mol. The second-order valence-corrected chi connectivity index (χ2v) is 18.6. The molecule has 6 rings (SSSR count). The topological polar surface area (TPSA) is 13.0 Å². The molecule has 4 nitrogen and oxygen atoms in total. The van der Waals surface area contributed by atoms with E-state index in [0.29, 0.717) is 37.3 Å². The number of halogens is 8. The Labute approximate surface area is 272 Å². The number of allylic oxidation sites excluding steroid dienone is 8. The van der Waals surface area contributed by atoms with Crippen LogP contribution >= 0.6 is 0 Å². The standard InChI is InChI=1S/2C11H11F4N2.2C6H7.Ti/c2*1-16-2-4-17(5-3-16)11-9(14)7(12)6-8(13)10(11)15;2*1-6-4-2-3-5-6;/h2*2-5H2,1H3;2*2,4H,3H2,1H3;. The molecule has 2 saturated heterocycles. The van der Waals surface area contributed by atoms with Gasteiger partial charge in [0, 0.05) is 0 Å². The van der Waals surface area contributed by atoms with Crippen LogP contribution in [0.15, 0.2) is 43.2 Å². The van der Waals surface area contributed by atoms with Crippen molar-refractivity contribution in [2.24, 2.45) is 0 Å². The normalized spacial score (nSPS) is 19.7. The molecule has 2 heterocycles. The molecule has 252 valence electrons. The Morgan fingerprint density at radius 3 is 1.02 bits per heavy atom. The average molecular weight is 701 g/mol. The number of anilines is 2. The van der Waals surface area contributed by atoms with Crippen molar-refractivity contribution in [1.82, 2.24) is 9.80 Å². The van der Waals surface area contributed by atoms with E-state index < -0.39 is 82.2 Å². The average Bonchev–Trinajstić information content (AvgIpc) is 3.68. The first kappa shape index (κ1) is 34.0. The third kappa shape index (κ3) is 5.30. The van der Waals surface area contributed by atoms with Crippen LogP contribution in [0.3, 0.4) is 0 Å². The Bertz CT molecular complexity index is 1570. The van der Waals surface area contributed by atoms with Crippen molar-refractivity contribution in [3.8, 4) is 0 Å². The molecule has 0 radical (unpaired) electrons. The Morgan fingerprint density at radius 2 is 0.766 bits per heavy atom. The number of hydrogen-bond acceptors (Lipinski definition) is 4. The van der Waals surface area contributed by atoms with Crippen LogP contribution in [-0.4, -0.2) is 76.3 Å². The van der Waals surface area contributed by atoms with Crippen molar-refractivity contribution in [2.75, 3.05) is 76.3 Å². The van der Waals surface area contributed by atoms with Gasteiger partial charge < -0.3 is 0 Å². The molecule has 0 aromatic heterocycles. The van der Waals surface area contributed by atoms with Gasteiger partial charge in [-0.05, 0) is 0 Å². The quantitative estimate of drug-likeness (QED) is 0.212. The van der Waals surface area contributed by atoms with Crippen molar-refractivity contribution in [3.63, 3.8) is 0 Å². The molecule has 13 heteroatoms. The number of rotatable bonds is 6. The van der Waals surface area contributed by atoms with E-state index in [1.165, 1.54) is 9.80 Å². The number of nitrogens with zero attached hydrogens (tertiary/aromatic N) is 4. The molecule has 0 unspecified atom stereocenters. The van der Waals surface area contributed by atoms with Gasteiger partial charge in [-0.25, -0.2) is 0 Å². The van der Waals surface area contributed by atoms with Crippen LogP contribution < -0.4 is 17.5 Å². The molecule has 4 aliphatic rings. The molecule has 0 atom stereocenters. The molecule has 2 aliphatic heterocycles. The predicted octanol–water partition coefficient (Wildman–Crippen LogP) is 5.88. The molecule has 2 aromatic carbocycles. The third-order valence-electron chi connectivity index (χ3n) is 10.1. The summed E-state index contributed by atoms with van der Waals surface area (Å²) in [5.41, 5.74) is -1.10. The molecule has 0 amide bonds. The van der Waals surface area contributed by atoms with Crippen LogP contribution in [0.1, 0.15) is 26.7 Å². The fourth-order valence-electron chi connectivity index (χ4n) is 7.55. The minimum atomic E-state index is -5.98. The Hall–Kier alpha value is -2.93. The number of piperazine rings is 2. The van der Waals surface area contributed by atoms with Gasteiger partial charge in [0.2, 0.25) is 0 Å². The maximum atomic E-state index is 16.8. The second kappa shape index (κ2) is 12.8. The third-order valence-corrected chi connectivity index (χ3v) is 18.5. The van der Waals surface area contributed by atoms with Crippen molar-refractivity contribution >= 4 is 19.1 Å². The Kier molecular flexibility index (Phi) is 9.27. The summed E-state index contributed by atoms with van der Waals surface area (Å²) in [5.74, 6) is -14.0. The maximum absolute atomic E-state index is 16.8. The van der Waals surface area contributed by atoms with E-state index in [1.807, 2.05) is 9.80 Å². The molecule has 47 heavy (non-hydrogen) atoms. The summed E-state index contributed by atoms with van der Waals surface area (Å²) in [6.07, 6.45) is 6.21. The van der Waals surface area contributed by atoms with Gasteiger partial charge in [-0.1, -0.05) is 0 Å². The van der Waals surface area contributed by atoms with Crippen LogP contribution in [0.25, 0.3) is 0 Å². The van der Waals surface area contributed by atoms with E-state index >= 15 is 35.1 Å². The zero-order valence-electron chi connectivity index (χ0n) is 26.7. The van der Waals surface area contributed by atoms with Crippen LogP contribution in [0.4, 0.5) is 46.5 Å². The van der Waals surface area contributed by atoms with E-state index in [9.17, 15) is 0 Å². The van der Waals surface area contributed by atoms with E-state index in [-0.39, 0.29) is 46.8 Å². The first-order valence-electron chi connectivity index (χ1n) is 15.7. The molecule has 2 aromatic rings. The van der Waals surface area contributed by atoms with E-state index in [4.69, 9.17) is 0 Å². The number of hydrogen-bond donors (Lipinski definition) is 0. The summed E-state index contributed by atoms with van der Waals surface area (Å²) in [4.78, 5) is 6.17. The SMILES string of the molecule is CC1=[C]([Ti]([C]2=C(C)C=CC2)([c]2c(F)c(F)c(N3CCN(C)CC3)c(F)c2F)[c]2c(F)c(F)c(N3CCN(C)CC3)c(F)c2F)CC=C1. The molecule has 0 saturated carbocycles. The van der Waals surface area contributed by atoms with Crippen LogP contribution in [-0.2, 0) is 16.6 Å². The van der Waals surface area contributed by atoms with Gasteiger partial charge in [0.1, 0.15) is 0 Å². The molecular formula is C34H36F8N4Ti. The fraction of sp³-hybridized carbons (Fsp3) is 0.412. The van der Waals surface area contributed by atoms with Gasteiger partial charge in [-0.2, -0.15) is 0 Å². The summed E-state index contributed by atoms with van der Waals surface area (Å²) >= 11 is -5.98. The van der Waals surface area contributed by atoms with Crippen LogP contribution in [0.2, 0.25) is 0 Å². The molecule has 2 aliphatic carbocycles. The van der Waals surface area contributed by atoms with E-state index in [1.54, 1.807) is 52.2 Å². The van der Waals surface area contributed by atoms with Gasteiger partial charge in [0.25, 0.3) is 0 Å². The summed E-state index contributed by atoms with van der Waals surface area (Å²) < 4.78 is 130. The van der Waals surface area contributed by atoms with Gasteiger partial charge in [-0.15, -0.1) is 0 Å². The summed E-state index contributed by atoms with van der Waals surface area (Å²) in [5, 5.41) is 0. The van der Waals surface area contributed by atoms with Crippen LogP contribution in [0.5, 0.6) is 0 Å². The predicted molar refractivity (Wildman–Crippen MR) is 164 cm³/mol. The molecule has 2 fully saturated rings. The second-order valence-electron chi connectivity index (χ2n) is 12.8. The van der Waals surface area contributed by atoms with Gasteiger partial charge in [0.05, 0.1) is 0 Å². The summed E-state index contributed by atoms with van der Waals surface area (Å²) in [7, 11) is 3.59. The zero-order valence-corrected chi connectivity index (χ0v) is 28.3. The minimum absolute atomic E-state index is 0.0743. The van der Waals surface area contributed by atoms with Crippen molar-refractivity contribution in [3.05, 3.63) is 89.7 Å². The summed E-state index contributed by atoms with van der Waals surface area (Å²) in [6.45, 7) is 4.89. The summed E-state index contributed by atoms with van der Waals surface area (Å²) in [6, 6.07) is 0. The molecule has 0 bridgehead atoms. The first-order valence-corrected chi connectivity index (χ1v) is 18.8. The van der Waals surface area contributed by atoms with E-state index in [0.717, 1.165) is 0 Å². The van der Waals surface area contributed by atoms with Gasteiger partial charge in [0.15, 0.2) is 0 Å². The van der Waals surface area contributed by atoms with Crippen molar-refractivity contribution in [1.29, 1.82) is 0 Å². The fourth-order valence-corrected chi connectivity index (χ4v) is 16.6. The van der Waals surface area contributed by atoms with Gasteiger partial charge >= 0.3 is 273 Å². The first-order chi connectivity index (χ1) is 22.3. The zero-order chi connectivity index (χ0) is 33.9. The van der Waals surface area contributed by atoms with Crippen molar-refractivity contribution < 1.29 is 51.7 Å². The Balaban J connectivity index is 1.72. The molecule has 0 N–H and O–H groups in total. The number of benzene rings is 2. The van der Waals surface area contributed by atoms with Crippen LogP contribution in [0, 0.1) is 46.5 Å². The van der Waals surface area contributed by atoms with E-state index in [2.05, 4.69) is 0 Å². The Morgan fingerprint density at radius 1 is 0.468 bits per heavy atom. The molecular weight excluding hydrogens is 664 g/mol. The van der Waals surface area contributed by atoms with Crippen molar-refractivity contribution in [2.45, 2.75) is 26.7 Å². The molecule has 0 spiro atoms. The number of likely N-dealkylation sites (N-methyl/N-ethyl adjacent to an activating group) is 2.